The first-order valence-corrected chi connectivity index (χ1v) is 8.59. The lowest BCUT2D eigenvalue weighted by molar-refractivity contribution is 0.0167. The molecule has 0 aromatic carbocycles. The van der Waals surface area contributed by atoms with E-state index < -0.39 is 5.60 Å². The van der Waals surface area contributed by atoms with Gasteiger partial charge in [-0.2, -0.15) is 5.10 Å². The van der Waals surface area contributed by atoms with E-state index in [4.69, 9.17) is 0 Å². The van der Waals surface area contributed by atoms with Crippen LogP contribution in [0.5, 0.6) is 0 Å². The van der Waals surface area contributed by atoms with Crippen molar-refractivity contribution in [1.29, 1.82) is 0 Å². The molecule has 1 aromatic rings. The molecule has 0 bridgehead atoms. The summed E-state index contributed by atoms with van der Waals surface area (Å²) in [6, 6.07) is 0. The molecule has 2 aliphatic carbocycles. The van der Waals surface area contributed by atoms with Crippen molar-refractivity contribution in [2.45, 2.75) is 57.1 Å². The van der Waals surface area contributed by atoms with Gasteiger partial charge in [-0.3, -0.25) is 4.79 Å². The van der Waals surface area contributed by atoms with Crippen LogP contribution in [0.15, 0.2) is 15.5 Å². The van der Waals surface area contributed by atoms with E-state index in [1.54, 1.807) is 6.20 Å². The highest BCUT2D eigenvalue weighted by molar-refractivity contribution is 9.10. The number of halogens is 1. The SMILES string of the molecule is O=c1c(Br)c(NCC2(O)CCCCC2)cnn1CC1CC1. The second-order valence-electron chi connectivity index (χ2n) is 6.44. The first kappa shape index (κ1) is 15.0. The van der Waals surface area contributed by atoms with Gasteiger partial charge in [0, 0.05) is 13.1 Å². The Balaban J connectivity index is 1.67. The Hall–Kier alpha value is -0.880. The number of hydrogen-bond donors (Lipinski definition) is 2. The van der Waals surface area contributed by atoms with Crippen LogP contribution >= 0.6 is 15.9 Å². The molecule has 6 heteroatoms. The standard InChI is InChI=1S/C15H22BrN3O2/c16-13-12(17-10-15(21)6-2-1-3-7-15)8-18-19(14(13)20)9-11-4-5-11/h8,11,17,21H,1-7,9-10H2. The van der Waals surface area contributed by atoms with Crippen molar-refractivity contribution < 1.29 is 5.11 Å². The Morgan fingerprint density at radius 1 is 1.38 bits per heavy atom. The molecule has 21 heavy (non-hydrogen) atoms. The van der Waals surface area contributed by atoms with Gasteiger partial charge < -0.3 is 10.4 Å². The van der Waals surface area contributed by atoms with Gasteiger partial charge in [-0.15, -0.1) is 0 Å². The van der Waals surface area contributed by atoms with Crippen LogP contribution in [0.4, 0.5) is 5.69 Å². The zero-order valence-electron chi connectivity index (χ0n) is 12.1. The first-order chi connectivity index (χ1) is 10.1. The molecule has 2 aliphatic rings. The van der Waals surface area contributed by atoms with Gasteiger partial charge >= 0.3 is 0 Å². The molecule has 116 valence electrons. The minimum absolute atomic E-state index is 0.0949. The molecule has 0 unspecified atom stereocenters. The lowest BCUT2D eigenvalue weighted by Crippen LogP contribution is -2.39. The largest absolute Gasteiger partial charge is 0.388 e. The van der Waals surface area contributed by atoms with Gasteiger partial charge in [0.25, 0.3) is 5.56 Å². The smallest absolute Gasteiger partial charge is 0.283 e. The van der Waals surface area contributed by atoms with Crippen molar-refractivity contribution in [1.82, 2.24) is 9.78 Å². The molecule has 5 nitrogen and oxygen atoms in total. The van der Waals surface area contributed by atoms with Gasteiger partial charge in [0.15, 0.2) is 0 Å². The average Bonchev–Trinajstić information content (AvgIpc) is 3.28. The topological polar surface area (TPSA) is 67.2 Å². The van der Waals surface area contributed by atoms with Crippen LogP contribution < -0.4 is 10.9 Å². The van der Waals surface area contributed by atoms with Gasteiger partial charge in [0.1, 0.15) is 4.47 Å². The average molecular weight is 356 g/mol. The fourth-order valence-corrected chi connectivity index (χ4v) is 3.36. The van der Waals surface area contributed by atoms with Crippen LogP contribution in [-0.2, 0) is 6.54 Å². The Bertz CT molecular complexity index is 563. The molecule has 0 aliphatic heterocycles. The summed E-state index contributed by atoms with van der Waals surface area (Å²) >= 11 is 3.37. The third-order valence-electron chi connectivity index (χ3n) is 4.51. The first-order valence-electron chi connectivity index (χ1n) is 7.79. The highest BCUT2D eigenvalue weighted by Gasteiger charge is 2.29. The van der Waals surface area contributed by atoms with Crippen molar-refractivity contribution in [2.24, 2.45) is 5.92 Å². The number of rotatable bonds is 5. The highest BCUT2D eigenvalue weighted by Crippen LogP contribution is 2.31. The summed E-state index contributed by atoms with van der Waals surface area (Å²) in [4.78, 5) is 12.2. The highest BCUT2D eigenvalue weighted by atomic mass is 79.9. The maximum Gasteiger partial charge on any atom is 0.283 e. The molecule has 3 rings (SSSR count). The Kier molecular flexibility index (Phi) is 4.36. The molecule has 1 heterocycles. The molecule has 0 atom stereocenters. The van der Waals surface area contributed by atoms with E-state index in [9.17, 15) is 9.90 Å². The summed E-state index contributed by atoms with van der Waals surface area (Å²) in [5.74, 6) is 0.615. The Morgan fingerprint density at radius 2 is 2.10 bits per heavy atom. The van der Waals surface area contributed by atoms with Crippen LogP contribution in [0.25, 0.3) is 0 Å². The normalized spacial score (nSPS) is 21.2. The molecule has 0 saturated heterocycles. The lowest BCUT2D eigenvalue weighted by atomic mass is 9.85. The van der Waals surface area contributed by atoms with E-state index in [2.05, 4.69) is 26.3 Å². The molecule has 0 radical (unpaired) electrons. The molecule has 0 amide bonds. The summed E-state index contributed by atoms with van der Waals surface area (Å²) in [5.41, 5.74) is -0.0748. The van der Waals surface area contributed by atoms with Crippen LogP contribution in [0.2, 0.25) is 0 Å². The minimum Gasteiger partial charge on any atom is -0.388 e. The Labute approximate surface area is 132 Å². The van der Waals surface area contributed by atoms with Crippen LogP contribution in [0, 0.1) is 5.92 Å². The summed E-state index contributed by atoms with van der Waals surface area (Å²) in [6.45, 7) is 1.18. The molecule has 1 aromatic heterocycles. The maximum absolute atomic E-state index is 12.2. The van der Waals surface area contributed by atoms with Crippen molar-refractivity contribution in [3.8, 4) is 0 Å². The fraction of sp³-hybridized carbons (Fsp3) is 0.733. The molecular weight excluding hydrogens is 334 g/mol. The number of aliphatic hydroxyl groups is 1. The molecule has 0 spiro atoms. The van der Waals surface area contributed by atoms with Crippen LogP contribution in [0.1, 0.15) is 44.9 Å². The predicted molar refractivity (Wildman–Crippen MR) is 85.4 cm³/mol. The van der Waals surface area contributed by atoms with Gasteiger partial charge in [0.2, 0.25) is 0 Å². The molecule has 2 fully saturated rings. The van der Waals surface area contributed by atoms with E-state index >= 15 is 0 Å². The van der Waals surface area contributed by atoms with Gasteiger partial charge in [-0.25, -0.2) is 4.68 Å². The van der Waals surface area contributed by atoms with Gasteiger partial charge in [0.05, 0.1) is 17.5 Å². The second kappa shape index (κ2) is 6.08. The zero-order valence-corrected chi connectivity index (χ0v) is 13.7. The number of nitrogens with one attached hydrogen (secondary N) is 1. The lowest BCUT2D eigenvalue weighted by Gasteiger charge is -2.32. The van der Waals surface area contributed by atoms with E-state index in [0.717, 1.165) is 25.7 Å². The third kappa shape index (κ3) is 3.66. The number of aromatic nitrogens is 2. The number of hydrogen-bond acceptors (Lipinski definition) is 4. The predicted octanol–water partition coefficient (Wildman–Crippen LogP) is 2.52. The quantitative estimate of drug-likeness (QED) is 0.851. The van der Waals surface area contributed by atoms with Gasteiger partial charge in [-0.1, -0.05) is 19.3 Å². The summed E-state index contributed by atoms with van der Waals surface area (Å²) in [5, 5.41) is 17.9. The zero-order chi connectivity index (χ0) is 14.9. The monoisotopic (exact) mass is 355 g/mol. The number of anilines is 1. The van der Waals surface area contributed by atoms with Gasteiger partial charge in [-0.05, 0) is 47.5 Å². The Morgan fingerprint density at radius 3 is 2.76 bits per heavy atom. The van der Waals surface area contributed by atoms with Crippen LogP contribution in [-0.4, -0.2) is 27.0 Å². The molecule has 2 saturated carbocycles. The van der Waals surface area contributed by atoms with Crippen molar-refractivity contribution in [3.05, 3.63) is 21.0 Å². The van der Waals surface area contributed by atoms with E-state index in [1.165, 1.54) is 23.9 Å². The maximum atomic E-state index is 12.2. The molecular formula is C15H22BrN3O2. The third-order valence-corrected chi connectivity index (χ3v) is 5.27. The fourth-order valence-electron chi connectivity index (χ4n) is 2.91. The summed E-state index contributed by atoms with van der Waals surface area (Å²) < 4.78 is 2.04. The van der Waals surface area contributed by atoms with Crippen molar-refractivity contribution >= 4 is 21.6 Å². The summed E-state index contributed by atoms with van der Waals surface area (Å²) in [7, 11) is 0. The second-order valence-corrected chi connectivity index (χ2v) is 7.23. The molecule has 2 N–H and O–H groups in total. The van der Waals surface area contributed by atoms with Crippen molar-refractivity contribution in [3.63, 3.8) is 0 Å². The van der Waals surface area contributed by atoms with Crippen LogP contribution in [0.3, 0.4) is 0 Å². The summed E-state index contributed by atoms with van der Waals surface area (Å²) in [6.07, 6.45) is 9.05. The van der Waals surface area contributed by atoms with E-state index in [0.29, 0.717) is 29.2 Å². The van der Waals surface area contributed by atoms with E-state index in [-0.39, 0.29) is 5.56 Å². The minimum atomic E-state index is -0.652. The van der Waals surface area contributed by atoms with Crippen molar-refractivity contribution in [2.75, 3.05) is 11.9 Å². The number of nitrogens with zero attached hydrogens (tertiary/aromatic N) is 2. The van der Waals surface area contributed by atoms with E-state index in [1.807, 2.05) is 0 Å².